The van der Waals surface area contributed by atoms with Gasteiger partial charge in [0.15, 0.2) is 6.61 Å². The summed E-state index contributed by atoms with van der Waals surface area (Å²) in [5, 5.41) is 0.838. The molecule has 0 spiro atoms. The lowest BCUT2D eigenvalue weighted by Gasteiger charge is -2.15. The Morgan fingerprint density at radius 3 is 2.58 bits per heavy atom. The molecule has 6 nitrogen and oxygen atoms in total. The number of furan rings is 1. The van der Waals surface area contributed by atoms with E-state index < -0.39 is 5.97 Å². The fraction of sp³-hybridized carbons (Fsp3) is 0.316. The summed E-state index contributed by atoms with van der Waals surface area (Å²) in [7, 11) is 1.67. The minimum absolute atomic E-state index is 0.284. The van der Waals surface area contributed by atoms with Gasteiger partial charge in [0.2, 0.25) is 0 Å². The molecule has 0 atom stereocenters. The SMILES string of the molecule is Cc1oc(C)c(C(=O)OCC(=O)N(C)Cc2nc3ccccc3s2)c1C. The lowest BCUT2D eigenvalue weighted by Crippen LogP contribution is -2.30. The van der Waals surface area contributed by atoms with Crippen LogP contribution in [0.1, 0.15) is 32.4 Å². The number of nitrogens with zero attached hydrogens (tertiary/aromatic N) is 2. The van der Waals surface area contributed by atoms with Gasteiger partial charge in [0, 0.05) is 12.6 Å². The van der Waals surface area contributed by atoms with E-state index in [4.69, 9.17) is 9.15 Å². The molecule has 0 radical (unpaired) electrons. The molecule has 0 fully saturated rings. The molecular weight excluding hydrogens is 352 g/mol. The van der Waals surface area contributed by atoms with E-state index in [2.05, 4.69) is 4.98 Å². The molecule has 3 rings (SSSR count). The van der Waals surface area contributed by atoms with Gasteiger partial charge < -0.3 is 14.1 Å². The standard InChI is InChI=1S/C19H20N2O4S/c1-11-12(2)25-13(3)18(11)19(23)24-10-17(22)21(4)9-16-20-14-7-5-6-8-15(14)26-16/h5-8H,9-10H2,1-4H3. The van der Waals surface area contributed by atoms with Crippen LogP contribution < -0.4 is 0 Å². The van der Waals surface area contributed by atoms with Crippen LogP contribution in [0.25, 0.3) is 10.2 Å². The third-order valence-corrected chi connectivity index (χ3v) is 5.25. The van der Waals surface area contributed by atoms with E-state index in [1.807, 2.05) is 24.3 Å². The van der Waals surface area contributed by atoms with Crippen molar-refractivity contribution in [2.45, 2.75) is 27.3 Å². The monoisotopic (exact) mass is 372 g/mol. The number of amides is 1. The number of hydrogen-bond donors (Lipinski definition) is 0. The Bertz CT molecular complexity index is 940. The van der Waals surface area contributed by atoms with Crippen LogP contribution in [0.3, 0.4) is 0 Å². The second-order valence-electron chi connectivity index (χ2n) is 6.12. The molecule has 0 aliphatic heterocycles. The Labute approximate surface area is 155 Å². The fourth-order valence-electron chi connectivity index (χ4n) is 2.68. The average molecular weight is 372 g/mol. The van der Waals surface area contributed by atoms with E-state index in [0.29, 0.717) is 23.6 Å². The van der Waals surface area contributed by atoms with Crippen molar-refractivity contribution in [3.05, 3.63) is 51.9 Å². The van der Waals surface area contributed by atoms with Gasteiger partial charge in [0.05, 0.1) is 16.8 Å². The molecule has 2 aromatic heterocycles. The minimum Gasteiger partial charge on any atom is -0.465 e. The van der Waals surface area contributed by atoms with Gasteiger partial charge in [0.25, 0.3) is 5.91 Å². The first-order valence-corrected chi connectivity index (χ1v) is 9.00. The largest absolute Gasteiger partial charge is 0.465 e. The summed E-state index contributed by atoms with van der Waals surface area (Å²) < 4.78 is 11.7. The molecule has 2 heterocycles. The summed E-state index contributed by atoms with van der Waals surface area (Å²) in [5.74, 6) is 0.348. The Morgan fingerprint density at radius 2 is 1.92 bits per heavy atom. The Kier molecular flexibility index (Phi) is 5.08. The third-order valence-electron chi connectivity index (χ3n) is 4.23. The number of carbonyl (C=O) groups is 2. The average Bonchev–Trinajstić information content (AvgIpc) is 3.12. The van der Waals surface area contributed by atoms with Gasteiger partial charge in [-0.15, -0.1) is 11.3 Å². The highest BCUT2D eigenvalue weighted by molar-refractivity contribution is 7.18. The van der Waals surface area contributed by atoms with Crippen molar-refractivity contribution in [1.82, 2.24) is 9.88 Å². The number of benzene rings is 1. The summed E-state index contributed by atoms with van der Waals surface area (Å²) >= 11 is 1.55. The maximum Gasteiger partial charge on any atom is 0.342 e. The number of rotatable bonds is 5. The summed E-state index contributed by atoms with van der Waals surface area (Å²) in [6, 6.07) is 7.83. The van der Waals surface area contributed by atoms with E-state index in [1.54, 1.807) is 39.2 Å². The van der Waals surface area contributed by atoms with E-state index in [-0.39, 0.29) is 12.5 Å². The van der Waals surface area contributed by atoms with Gasteiger partial charge in [-0.1, -0.05) is 12.1 Å². The molecule has 0 bridgehead atoms. The number of esters is 1. The summed E-state index contributed by atoms with van der Waals surface area (Å²) in [5.41, 5.74) is 2.05. The summed E-state index contributed by atoms with van der Waals surface area (Å²) in [6.07, 6.45) is 0. The molecule has 1 amide bonds. The van der Waals surface area contributed by atoms with Crippen molar-refractivity contribution in [3.8, 4) is 0 Å². The molecular formula is C19H20N2O4S. The van der Waals surface area contributed by atoms with Crippen molar-refractivity contribution < 1.29 is 18.7 Å². The molecule has 0 saturated heterocycles. The zero-order valence-corrected chi connectivity index (χ0v) is 16.0. The van der Waals surface area contributed by atoms with Crippen molar-refractivity contribution in [1.29, 1.82) is 0 Å². The quantitative estimate of drug-likeness (QED) is 0.640. The Morgan fingerprint density at radius 1 is 1.19 bits per heavy atom. The smallest absolute Gasteiger partial charge is 0.342 e. The molecule has 0 unspecified atom stereocenters. The minimum atomic E-state index is -0.543. The second-order valence-corrected chi connectivity index (χ2v) is 7.23. The lowest BCUT2D eigenvalue weighted by molar-refractivity contribution is -0.133. The van der Waals surface area contributed by atoms with Crippen LogP contribution in [0.4, 0.5) is 0 Å². The second kappa shape index (κ2) is 7.29. The van der Waals surface area contributed by atoms with Crippen molar-refractivity contribution in [2.24, 2.45) is 0 Å². The summed E-state index contributed by atoms with van der Waals surface area (Å²) in [4.78, 5) is 30.5. The molecule has 26 heavy (non-hydrogen) atoms. The maximum atomic E-state index is 12.3. The third kappa shape index (κ3) is 3.62. The van der Waals surface area contributed by atoms with Gasteiger partial charge in [-0.25, -0.2) is 9.78 Å². The molecule has 0 N–H and O–H groups in total. The number of carbonyl (C=O) groups excluding carboxylic acids is 2. The topological polar surface area (TPSA) is 72.6 Å². The molecule has 3 aromatic rings. The van der Waals surface area contributed by atoms with Crippen molar-refractivity contribution in [2.75, 3.05) is 13.7 Å². The van der Waals surface area contributed by atoms with Gasteiger partial charge in [-0.3, -0.25) is 4.79 Å². The highest BCUT2D eigenvalue weighted by atomic mass is 32.1. The van der Waals surface area contributed by atoms with Gasteiger partial charge in [-0.05, 0) is 32.9 Å². The first-order chi connectivity index (χ1) is 12.4. The predicted octanol–water partition coefficient (Wildman–Crippen LogP) is 3.63. The molecule has 0 aliphatic carbocycles. The highest BCUT2D eigenvalue weighted by Gasteiger charge is 2.21. The van der Waals surface area contributed by atoms with Crippen LogP contribution in [0.5, 0.6) is 0 Å². The number of likely N-dealkylation sites (N-methyl/N-ethyl adjacent to an activating group) is 1. The van der Waals surface area contributed by atoms with Crippen LogP contribution in [0.2, 0.25) is 0 Å². The zero-order chi connectivity index (χ0) is 18.8. The van der Waals surface area contributed by atoms with E-state index in [0.717, 1.165) is 20.8 Å². The fourth-order valence-corrected chi connectivity index (χ4v) is 3.70. The number of para-hydroxylation sites is 1. The van der Waals surface area contributed by atoms with Gasteiger partial charge in [0.1, 0.15) is 22.1 Å². The first-order valence-electron chi connectivity index (χ1n) is 8.19. The first kappa shape index (κ1) is 18.1. The van der Waals surface area contributed by atoms with Crippen molar-refractivity contribution >= 4 is 33.4 Å². The molecule has 0 saturated carbocycles. The lowest BCUT2D eigenvalue weighted by atomic mass is 10.1. The van der Waals surface area contributed by atoms with Crippen LogP contribution in [-0.4, -0.2) is 35.4 Å². The molecule has 136 valence electrons. The number of hydrogen-bond acceptors (Lipinski definition) is 6. The van der Waals surface area contributed by atoms with Crippen LogP contribution >= 0.6 is 11.3 Å². The Hall–Kier alpha value is -2.67. The number of aryl methyl sites for hydroxylation is 2. The molecule has 7 heteroatoms. The molecule has 1 aromatic carbocycles. The summed E-state index contributed by atoms with van der Waals surface area (Å²) in [6.45, 7) is 5.35. The van der Waals surface area contributed by atoms with Crippen LogP contribution in [0.15, 0.2) is 28.7 Å². The number of thiazole rings is 1. The van der Waals surface area contributed by atoms with E-state index in [1.165, 1.54) is 4.90 Å². The maximum absolute atomic E-state index is 12.3. The zero-order valence-electron chi connectivity index (χ0n) is 15.2. The number of aromatic nitrogens is 1. The normalized spacial score (nSPS) is 10.9. The van der Waals surface area contributed by atoms with Gasteiger partial charge in [-0.2, -0.15) is 0 Å². The molecule has 0 aliphatic rings. The number of fused-ring (bicyclic) bond motifs is 1. The van der Waals surface area contributed by atoms with Crippen molar-refractivity contribution in [3.63, 3.8) is 0 Å². The van der Waals surface area contributed by atoms with Crippen LogP contribution in [-0.2, 0) is 16.1 Å². The van der Waals surface area contributed by atoms with Gasteiger partial charge >= 0.3 is 5.97 Å². The highest BCUT2D eigenvalue weighted by Crippen LogP contribution is 2.23. The van der Waals surface area contributed by atoms with E-state index in [9.17, 15) is 9.59 Å². The predicted molar refractivity (Wildman–Crippen MR) is 99.3 cm³/mol. The Balaban J connectivity index is 1.59. The van der Waals surface area contributed by atoms with Crippen LogP contribution in [0, 0.1) is 20.8 Å². The number of ether oxygens (including phenoxy) is 1. The van der Waals surface area contributed by atoms with E-state index >= 15 is 0 Å².